The normalized spacial score (nSPS) is 17.3. The van der Waals surface area contributed by atoms with Crippen LogP contribution in [0.2, 0.25) is 0 Å². The standard InChI is InChI=1S/C26H30F3N5O3/c1-15-18(7-6-8-20(15)26(27,28)29)16(2)31-23-19-13-21(25(37)9-11-34(12-10-25)17(3)35)33(5)24(36)22(19)32(4)14-30-23/h6-8,13-14,16,37H,9-12H2,1-5H3/t16-/m1/s1. The van der Waals surface area contributed by atoms with Crippen LogP contribution in [-0.2, 0) is 30.7 Å². The highest BCUT2D eigenvalue weighted by atomic mass is 19.4. The quantitative estimate of drug-likeness (QED) is 0.578. The second kappa shape index (κ2) is 9.44. The highest BCUT2D eigenvalue weighted by Crippen LogP contribution is 2.35. The van der Waals surface area contributed by atoms with Gasteiger partial charge in [-0.05, 0) is 49.9 Å². The number of amides is 1. The zero-order valence-corrected chi connectivity index (χ0v) is 21.4. The van der Waals surface area contributed by atoms with Crippen LogP contribution >= 0.6 is 0 Å². The van der Waals surface area contributed by atoms with Crippen molar-refractivity contribution in [3.05, 3.63) is 68.8 Å². The molecule has 1 fully saturated rings. The van der Waals surface area contributed by atoms with E-state index < -0.39 is 23.4 Å². The van der Waals surface area contributed by atoms with E-state index >= 15 is 0 Å². The van der Waals surface area contributed by atoms with E-state index in [1.54, 1.807) is 42.6 Å². The minimum atomic E-state index is -4.49. The van der Waals surface area contributed by atoms with Crippen LogP contribution < -0.4 is 11.0 Å². The minimum absolute atomic E-state index is 0.0781. The van der Waals surface area contributed by atoms with Crippen molar-refractivity contribution < 1.29 is 23.1 Å². The van der Waals surface area contributed by atoms with Crippen LogP contribution in [0.25, 0.3) is 10.9 Å². The molecule has 1 saturated heterocycles. The van der Waals surface area contributed by atoms with Crippen molar-refractivity contribution >= 4 is 16.8 Å². The van der Waals surface area contributed by atoms with Gasteiger partial charge in [0.1, 0.15) is 11.1 Å². The van der Waals surface area contributed by atoms with Crippen LogP contribution in [0.3, 0.4) is 0 Å². The molecular formula is C26H30F3N5O3. The van der Waals surface area contributed by atoms with Gasteiger partial charge in [0.15, 0.2) is 5.49 Å². The number of aliphatic hydroxyl groups is 1. The number of aryl methyl sites for hydroxylation is 1. The average molecular weight is 518 g/mol. The topological polar surface area (TPSA) is 92.7 Å². The molecule has 8 nitrogen and oxygen atoms in total. The molecule has 0 saturated carbocycles. The number of hydrogen-bond donors (Lipinski definition) is 1. The summed E-state index contributed by atoms with van der Waals surface area (Å²) in [6, 6.07) is 4.98. The molecule has 1 aliphatic rings. The number of piperidine rings is 1. The highest BCUT2D eigenvalue weighted by Gasteiger charge is 2.37. The molecule has 0 radical (unpaired) electrons. The largest absolute Gasteiger partial charge is 0.416 e. The van der Waals surface area contributed by atoms with Crippen LogP contribution in [-0.4, -0.2) is 43.1 Å². The summed E-state index contributed by atoms with van der Waals surface area (Å²) < 4.78 is 43.3. The van der Waals surface area contributed by atoms with Gasteiger partial charge >= 0.3 is 6.18 Å². The summed E-state index contributed by atoms with van der Waals surface area (Å²) in [7, 11) is 3.25. The number of carbonyl (C=O) groups excluding carboxylic acids is 1. The molecule has 0 aliphatic carbocycles. The van der Waals surface area contributed by atoms with E-state index in [1.807, 2.05) is 0 Å². The van der Waals surface area contributed by atoms with Crippen LogP contribution in [0.15, 0.2) is 40.4 Å². The van der Waals surface area contributed by atoms with Gasteiger partial charge in [-0.15, -0.1) is 0 Å². The fourth-order valence-corrected chi connectivity index (χ4v) is 5.13. The first-order chi connectivity index (χ1) is 17.2. The predicted molar refractivity (Wildman–Crippen MR) is 131 cm³/mol. The lowest BCUT2D eigenvalue weighted by Gasteiger charge is -2.38. The van der Waals surface area contributed by atoms with Crippen molar-refractivity contribution in [3.63, 3.8) is 0 Å². The van der Waals surface area contributed by atoms with E-state index in [1.165, 1.54) is 30.8 Å². The number of hydrogen-bond acceptors (Lipinski definition) is 5. The minimum Gasteiger partial charge on any atom is -0.383 e. The average Bonchev–Trinajstić information content (AvgIpc) is 2.82. The van der Waals surface area contributed by atoms with E-state index in [0.717, 1.165) is 6.07 Å². The summed E-state index contributed by atoms with van der Waals surface area (Å²) in [5.74, 6) is -0.0781. The lowest BCUT2D eigenvalue weighted by molar-refractivity contribution is -0.138. The third-order valence-electron chi connectivity index (χ3n) is 7.31. The molecule has 1 aliphatic heterocycles. The second-order valence-electron chi connectivity index (χ2n) is 9.70. The molecule has 37 heavy (non-hydrogen) atoms. The maximum atomic E-state index is 13.5. The Bertz CT molecular complexity index is 1500. The van der Waals surface area contributed by atoms with Gasteiger partial charge in [0.05, 0.1) is 29.0 Å². The van der Waals surface area contributed by atoms with Crippen molar-refractivity contribution in [2.24, 2.45) is 19.1 Å². The highest BCUT2D eigenvalue weighted by molar-refractivity contribution is 5.77. The van der Waals surface area contributed by atoms with Crippen LogP contribution in [0.5, 0.6) is 0 Å². The van der Waals surface area contributed by atoms with Crippen molar-refractivity contribution in [1.82, 2.24) is 19.0 Å². The van der Waals surface area contributed by atoms with E-state index in [4.69, 9.17) is 0 Å². The molecule has 3 heterocycles. The van der Waals surface area contributed by atoms with Gasteiger partial charge in [-0.2, -0.15) is 13.2 Å². The number of carbonyl (C=O) groups is 1. The number of halogens is 3. The smallest absolute Gasteiger partial charge is 0.383 e. The maximum absolute atomic E-state index is 13.5. The van der Waals surface area contributed by atoms with Crippen molar-refractivity contribution in [2.45, 2.75) is 51.4 Å². The second-order valence-corrected chi connectivity index (χ2v) is 9.70. The molecule has 1 amide bonds. The monoisotopic (exact) mass is 517 g/mol. The van der Waals surface area contributed by atoms with E-state index in [0.29, 0.717) is 35.2 Å². The van der Waals surface area contributed by atoms with Gasteiger partial charge in [-0.1, -0.05) is 12.1 Å². The van der Waals surface area contributed by atoms with E-state index in [9.17, 15) is 27.9 Å². The maximum Gasteiger partial charge on any atom is 0.416 e. The first-order valence-corrected chi connectivity index (χ1v) is 12.0. The zero-order chi connectivity index (χ0) is 27.3. The first-order valence-electron chi connectivity index (χ1n) is 12.0. The molecule has 1 aromatic carbocycles. The lowest BCUT2D eigenvalue weighted by Crippen LogP contribution is -2.46. The Morgan fingerprint density at radius 3 is 2.46 bits per heavy atom. The Kier molecular flexibility index (Phi) is 6.78. The van der Waals surface area contributed by atoms with Gasteiger partial charge in [0, 0.05) is 34.1 Å². The number of aromatic nitrogens is 3. The number of likely N-dealkylation sites (tertiary alicyclic amines) is 1. The Hall–Kier alpha value is -3.47. The third kappa shape index (κ3) is 4.79. The van der Waals surface area contributed by atoms with Gasteiger partial charge in [0.25, 0.3) is 5.56 Å². The number of benzene rings is 1. The van der Waals surface area contributed by atoms with Crippen LogP contribution in [0.4, 0.5) is 13.2 Å². The number of nitrogens with zero attached hydrogens (tertiary/aromatic N) is 5. The van der Waals surface area contributed by atoms with Crippen LogP contribution in [0, 0.1) is 6.92 Å². The van der Waals surface area contributed by atoms with Gasteiger partial charge in [-0.3, -0.25) is 14.6 Å². The fraction of sp³-hybridized carbons (Fsp3) is 0.462. The number of fused-ring (bicyclic) bond motifs is 1. The molecule has 2 aromatic heterocycles. The predicted octanol–water partition coefficient (Wildman–Crippen LogP) is 3.09. The molecule has 198 valence electrons. The van der Waals surface area contributed by atoms with Gasteiger partial charge in [-0.25, -0.2) is 4.98 Å². The molecule has 1 atom stereocenters. The lowest BCUT2D eigenvalue weighted by atomic mass is 9.87. The SMILES string of the molecule is CC(=O)N1CCC(O)(c2cc3c(=N[C@H](C)c4cccc(C(F)(F)F)c4C)ncn(C)c3c(=O)n2C)CC1. The summed E-state index contributed by atoms with van der Waals surface area (Å²) in [6.07, 6.45) is -2.54. The Morgan fingerprint density at radius 2 is 1.86 bits per heavy atom. The summed E-state index contributed by atoms with van der Waals surface area (Å²) in [5.41, 5.74) is -1.07. The molecule has 0 spiro atoms. The van der Waals surface area contributed by atoms with E-state index in [-0.39, 0.29) is 35.4 Å². The fourth-order valence-electron chi connectivity index (χ4n) is 5.13. The van der Waals surface area contributed by atoms with Crippen molar-refractivity contribution in [2.75, 3.05) is 13.1 Å². The van der Waals surface area contributed by atoms with E-state index in [2.05, 4.69) is 9.98 Å². The Labute approximate surface area is 211 Å². The molecule has 1 N–H and O–H groups in total. The summed E-state index contributed by atoms with van der Waals surface area (Å²) in [5, 5.41) is 11.9. The summed E-state index contributed by atoms with van der Waals surface area (Å²) in [4.78, 5) is 35.8. The molecule has 0 bridgehead atoms. The zero-order valence-electron chi connectivity index (χ0n) is 21.4. The van der Waals surface area contributed by atoms with Gasteiger partial charge in [0.2, 0.25) is 5.91 Å². The van der Waals surface area contributed by atoms with Crippen molar-refractivity contribution in [1.29, 1.82) is 0 Å². The first kappa shape index (κ1) is 26.6. The van der Waals surface area contributed by atoms with Gasteiger partial charge < -0.3 is 19.1 Å². The summed E-state index contributed by atoms with van der Waals surface area (Å²) >= 11 is 0. The van der Waals surface area contributed by atoms with Crippen molar-refractivity contribution in [3.8, 4) is 0 Å². The molecule has 11 heteroatoms. The molecule has 3 aromatic rings. The Balaban J connectivity index is 1.88. The Morgan fingerprint density at radius 1 is 1.22 bits per heavy atom. The third-order valence-corrected chi connectivity index (χ3v) is 7.31. The molecule has 4 rings (SSSR count). The number of rotatable bonds is 3. The summed E-state index contributed by atoms with van der Waals surface area (Å²) in [6.45, 7) is 5.26. The van der Waals surface area contributed by atoms with Crippen LogP contribution in [0.1, 0.15) is 55.1 Å². The molecular weight excluding hydrogens is 487 g/mol. The number of alkyl halides is 3. The number of pyridine rings is 1. The molecule has 0 unspecified atom stereocenters.